The van der Waals surface area contributed by atoms with Crippen LogP contribution in [0, 0.1) is 0 Å². The predicted molar refractivity (Wildman–Crippen MR) is 104 cm³/mol. The first-order valence-electron chi connectivity index (χ1n) is 7.71. The Hall–Kier alpha value is -2.80. The highest BCUT2D eigenvalue weighted by Gasteiger charge is 2.03. The zero-order valence-corrected chi connectivity index (χ0v) is 15.2. The van der Waals surface area contributed by atoms with Crippen LogP contribution in [0.25, 0.3) is 0 Å². The molecule has 0 atom stereocenters. The molecule has 6 nitrogen and oxygen atoms in total. The molecule has 2 aromatic carbocycles. The Morgan fingerprint density at radius 3 is 2.44 bits per heavy atom. The van der Waals surface area contributed by atoms with Crippen molar-refractivity contribution in [2.24, 2.45) is 5.10 Å². The Balaban J connectivity index is 1.94. The predicted octanol–water partition coefficient (Wildman–Crippen LogP) is 3.42. The molecule has 0 spiro atoms. The summed E-state index contributed by atoms with van der Waals surface area (Å²) in [5.74, 6) is 2.23. The summed E-state index contributed by atoms with van der Waals surface area (Å²) in [5, 5.41) is 7.55. The molecule has 0 saturated heterocycles. The summed E-state index contributed by atoms with van der Waals surface area (Å²) in [6, 6.07) is 13.0. The minimum absolute atomic E-state index is 0.377. The topological polar surface area (TPSA) is 64.1 Å². The molecule has 0 amide bonds. The van der Waals surface area contributed by atoms with Crippen LogP contribution in [0.3, 0.4) is 0 Å². The maximum atomic E-state index is 5.40. The second-order valence-electron chi connectivity index (χ2n) is 4.89. The number of ether oxygens (including phenoxy) is 3. The summed E-state index contributed by atoms with van der Waals surface area (Å²) in [4.78, 5) is 0. The molecule has 2 aromatic rings. The molecule has 132 valence electrons. The molecule has 0 aliphatic rings. The molecule has 0 aliphatic heterocycles. The molecule has 0 aliphatic carbocycles. The average Bonchev–Trinajstić information content (AvgIpc) is 2.63. The number of hydrazone groups is 1. The fourth-order valence-electron chi connectivity index (χ4n) is 2.06. The van der Waals surface area contributed by atoms with Gasteiger partial charge in [0.25, 0.3) is 0 Å². The number of hydrogen-bond acceptors (Lipinski definition) is 5. The number of nitrogens with one attached hydrogen (secondary N) is 2. The Morgan fingerprint density at radius 1 is 1.08 bits per heavy atom. The van der Waals surface area contributed by atoms with Crippen LogP contribution >= 0.6 is 12.2 Å². The lowest BCUT2D eigenvalue weighted by Crippen LogP contribution is -2.23. The number of thiocarbonyl (C=S) groups is 1. The first-order chi connectivity index (χ1) is 12.2. The van der Waals surface area contributed by atoms with E-state index in [0.717, 1.165) is 22.7 Å². The number of nitrogens with zero attached hydrogens (tertiary/aromatic N) is 1. The summed E-state index contributed by atoms with van der Waals surface area (Å²) < 4.78 is 15.9. The van der Waals surface area contributed by atoms with Crippen LogP contribution in [0.5, 0.6) is 17.2 Å². The van der Waals surface area contributed by atoms with E-state index in [1.807, 2.05) is 49.4 Å². The zero-order valence-electron chi connectivity index (χ0n) is 14.4. The minimum Gasteiger partial charge on any atom is -0.497 e. The summed E-state index contributed by atoms with van der Waals surface area (Å²) in [6.07, 6.45) is 1.62. The SMILES string of the molecule is CCOc1ccc(NC(=S)NN=Cc2cc(OC)ccc2OC)cc1. The number of methoxy groups -OCH3 is 2. The number of anilines is 1. The number of hydrogen-bond donors (Lipinski definition) is 2. The monoisotopic (exact) mass is 359 g/mol. The molecule has 0 fully saturated rings. The van der Waals surface area contributed by atoms with E-state index in [1.165, 1.54) is 0 Å². The van der Waals surface area contributed by atoms with Crippen molar-refractivity contribution < 1.29 is 14.2 Å². The van der Waals surface area contributed by atoms with Gasteiger partial charge in [-0.1, -0.05) is 0 Å². The van der Waals surface area contributed by atoms with Crippen LogP contribution in [-0.2, 0) is 0 Å². The van der Waals surface area contributed by atoms with Gasteiger partial charge >= 0.3 is 0 Å². The fourth-order valence-corrected chi connectivity index (χ4v) is 2.23. The van der Waals surface area contributed by atoms with Crippen molar-refractivity contribution in [3.05, 3.63) is 48.0 Å². The largest absolute Gasteiger partial charge is 0.497 e. The molecule has 0 bridgehead atoms. The zero-order chi connectivity index (χ0) is 18.1. The van der Waals surface area contributed by atoms with Crippen molar-refractivity contribution in [1.82, 2.24) is 5.43 Å². The molecule has 25 heavy (non-hydrogen) atoms. The minimum atomic E-state index is 0.377. The molecular weight excluding hydrogens is 338 g/mol. The van der Waals surface area contributed by atoms with Gasteiger partial charge in [0.05, 0.1) is 27.0 Å². The molecule has 0 radical (unpaired) electrons. The van der Waals surface area contributed by atoms with Crippen LogP contribution in [-0.4, -0.2) is 32.2 Å². The summed E-state index contributed by atoms with van der Waals surface area (Å²) in [5.41, 5.74) is 4.39. The lowest BCUT2D eigenvalue weighted by atomic mass is 10.2. The van der Waals surface area contributed by atoms with Gasteiger partial charge in [-0.3, -0.25) is 5.43 Å². The van der Waals surface area contributed by atoms with Crippen LogP contribution in [0.4, 0.5) is 5.69 Å². The van der Waals surface area contributed by atoms with Gasteiger partial charge in [0.2, 0.25) is 0 Å². The van der Waals surface area contributed by atoms with Crippen molar-refractivity contribution in [3.8, 4) is 17.2 Å². The van der Waals surface area contributed by atoms with Crippen LogP contribution < -0.4 is 25.0 Å². The van der Waals surface area contributed by atoms with E-state index < -0.39 is 0 Å². The summed E-state index contributed by atoms with van der Waals surface area (Å²) in [7, 11) is 3.21. The Labute approximate surface area is 152 Å². The molecule has 2 rings (SSSR count). The molecule has 0 unspecified atom stereocenters. The smallest absolute Gasteiger partial charge is 0.191 e. The van der Waals surface area contributed by atoms with E-state index in [0.29, 0.717) is 17.5 Å². The Bertz CT molecular complexity index is 733. The van der Waals surface area contributed by atoms with E-state index in [-0.39, 0.29) is 0 Å². The van der Waals surface area contributed by atoms with Crippen LogP contribution in [0.2, 0.25) is 0 Å². The van der Waals surface area contributed by atoms with Gasteiger partial charge in [-0.05, 0) is 61.6 Å². The standard InChI is InChI=1S/C18H21N3O3S/c1-4-24-15-7-5-14(6-8-15)20-18(25)21-19-12-13-11-16(22-2)9-10-17(13)23-3/h5-12H,4H2,1-3H3,(H2,20,21,25). The lowest BCUT2D eigenvalue weighted by molar-refractivity contribution is 0.340. The van der Waals surface area contributed by atoms with Crippen LogP contribution in [0.15, 0.2) is 47.6 Å². The number of benzene rings is 2. The summed E-state index contributed by atoms with van der Waals surface area (Å²) >= 11 is 5.22. The fraction of sp³-hybridized carbons (Fsp3) is 0.222. The van der Waals surface area contributed by atoms with Crippen molar-refractivity contribution >= 4 is 29.2 Å². The molecule has 2 N–H and O–H groups in total. The second-order valence-corrected chi connectivity index (χ2v) is 5.30. The highest BCUT2D eigenvalue weighted by atomic mass is 32.1. The molecule has 0 saturated carbocycles. The first kappa shape index (κ1) is 18.5. The van der Waals surface area contributed by atoms with E-state index in [1.54, 1.807) is 20.4 Å². The van der Waals surface area contributed by atoms with Gasteiger partial charge < -0.3 is 19.5 Å². The molecule has 0 aromatic heterocycles. The molecule has 0 heterocycles. The van der Waals surface area contributed by atoms with Crippen molar-refractivity contribution in [2.45, 2.75) is 6.92 Å². The first-order valence-corrected chi connectivity index (χ1v) is 8.12. The highest BCUT2D eigenvalue weighted by Crippen LogP contribution is 2.22. The number of rotatable bonds is 7. The maximum Gasteiger partial charge on any atom is 0.191 e. The third kappa shape index (κ3) is 5.65. The lowest BCUT2D eigenvalue weighted by Gasteiger charge is -2.09. The van der Waals surface area contributed by atoms with Gasteiger partial charge in [0.1, 0.15) is 17.2 Å². The van der Waals surface area contributed by atoms with E-state index in [4.69, 9.17) is 26.4 Å². The van der Waals surface area contributed by atoms with E-state index in [9.17, 15) is 0 Å². The normalized spacial score (nSPS) is 10.4. The van der Waals surface area contributed by atoms with E-state index >= 15 is 0 Å². The quantitative estimate of drug-likeness (QED) is 0.449. The molecule has 7 heteroatoms. The Morgan fingerprint density at radius 2 is 1.80 bits per heavy atom. The molecular formula is C18H21N3O3S. The second kappa shape index (κ2) is 9.48. The Kier molecular flexibility index (Phi) is 7.03. The van der Waals surface area contributed by atoms with Gasteiger partial charge in [0, 0.05) is 11.3 Å². The van der Waals surface area contributed by atoms with Gasteiger partial charge in [0.15, 0.2) is 5.11 Å². The highest BCUT2D eigenvalue weighted by molar-refractivity contribution is 7.80. The van der Waals surface area contributed by atoms with E-state index in [2.05, 4.69) is 15.8 Å². The van der Waals surface area contributed by atoms with Crippen molar-refractivity contribution in [3.63, 3.8) is 0 Å². The maximum absolute atomic E-state index is 5.40. The van der Waals surface area contributed by atoms with Crippen molar-refractivity contribution in [1.29, 1.82) is 0 Å². The van der Waals surface area contributed by atoms with Gasteiger partial charge in [-0.15, -0.1) is 0 Å². The van der Waals surface area contributed by atoms with Gasteiger partial charge in [-0.25, -0.2) is 0 Å². The summed E-state index contributed by atoms with van der Waals surface area (Å²) in [6.45, 7) is 2.58. The average molecular weight is 359 g/mol. The van der Waals surface area contributed by atoms with Crippen LogP contribution in [0.1, 0.15) is 12.5 Å². The van der Waals surface area contributed by atoms with Crippen molar-refractivity contribution in [2.75, 3.05) is 26.1 Å². The third-order valence-electron chi connectivity index (χ3n) is 3.23. The third-order valence-corrected chi connectivity index (χ3v) is 3.42. The van der Waals surface area contributed by atoms with Gasteiger partial charge in [-0.2, -0.15) is 5.10 Å².